The fourth-order valence-corrected chi connectivity index (χ4v) is 13.1. The highest BCUT2D eigenvalue weighted by atomic mass is 31.2. The number of carbonyl (C=O) groups excluding carboxylic acids is 4. The number of unbranched alkanes of at least 4 members (excludes halogenated alkanes) is 46. The normalized spacial score (nSPS) is 14.3. The van der Waals surface area contributed by atoms with Gasteiger partial charge in [0.25, 0.3) is 0 Å². The number of phosphoric ester groups is 2. The first-order valence-electron chi connectivity index (χ1n) is 39.2. The van der Waals surface area contributed by atoms with Gasteiger partial charge in [-0.3, -0.25) is 37.3 Å². The maximum atomic E-state index is 13.1. The molecule has 0 rings (SSSR count). The lowest BCUT2D eigenvalue weighted by molar-refractivity contribution is -0.161. The second-order valence-electron chi connectivity index (χ2n) is 27.3. The van der Waals surface area contributed by atoms with Crippen LogP contribution >= 0.6 is 15.6 Å². The van der Waals surface area contributed by atoms with E-state index in [0.29, 0.717) is 25.7 Å². The molecule has 19 heteroatoms. The fraction of sp³-hybridized carbons (Fsp3) is 0.947. The molecule has 0 spiro atoms. The Hall–Kier alpha value is -1.94. The first-order chi connectivity index (χ1) is 45.6. The molecule has 0 aromatic heterocycles. The van der Waals surface area contributed by atoms with E-state index in [4.69, 9.17) is 37.0 Å². The maximum absolute atomic E-state index is 13.1. The Kier molecular flexibility index (Phi) is 66.8. The molecule has 94 heavy (non-hydrogen) atoms. The molecule has 0 aromatic rings. The number of hydrogen-bond acceptors (Lipinski definition) is 15. The molecule has 0 amide bonds. The predicted octanol–water partition coefficient (Wildman–Crippen LogP) is 22.1. The van der Waals surface area contributed by atoms with Crippen molar-refractivity contribution in [3.63, 3.8) is 0 Å². The highest BCUT2D eigenvalue weighted by molar-refractivity contribution is 7.47. The number of ether oxygens (including phenoxy) is 4. The first-order valence-corrected chi connectivity index (χ1v) is 42.2. The van der Waals surface area contributed by atoms with Crippen LogP contribution in [0.25, 0.3) is 0 Å². The molecule has 0 aliphatic rings. The third kappa shape index (κ3) is 67.3. The zero-order chi connectivity index (χ0) is 69.1. The van der Waals surface area contributed by atoms with E-state index < -0.39 is 97.5 Å². The summed E-state index contributed by atoms with van der Waals surface area (Å²) in [5.41, 5.74) is 0. The van der Waals surface area contributed by atoms with E-state index in [1.807, 2.05) is 0 Å². The van der Waals surface area contributed by atoms with Gasteiger partial charge in [0.1, 0.15) is 19.3 Å². The van der Waals surface area contributed by atoms with Gasteiger partial charge in [-0.25, -0.2) is 9.13 Å². The lowest BCUT2D eigenvalue weighted by Crippen LogP contribution is -2.30. The number of hydrogen-bond donors (Lipinski definition) is 3. The molecule has 3 N–H and O–H groups in total. The summed E-state index contributed by atoms with van der Waals surface area (Å²) >= 11 is 0. The smallest absolute Gasteiger partial charge is 0.462 e. The predicted molar refractivity (Wildman–Crippen MR) is 382 cm³/mol. The van der Waals surface area contributed by atoms with Crippen LogP contribution in [0.1, 0.15) is 394 Å². The van der Waals surface area contributed by atoms with E-state index in [2.05, 4.69) is 34.6 Å². The molecule has 0 heterocycles. The Morgan fingerprint density at radius 1 is 0.298 bits per heavy atom. The SMILES string of the molecule is CCCCCCCCCCCCCCCC(=O)OC[C@H](COP(=O)(O)OC[C@@H](O)COP(=O)(O)OC[C@@H](COC(=O)CCCCCCCCCC)OC(=O)CCCCCCCCCCCCC)OC(=O)CCCCCCCCCCCCCCCCCCCCC(C)CC. The van der Waals surface area contributed by atoms with Gasteiger partial charge in [0.15, 0.2) is 12.2 Å². The van der Waals surface area contributed by atoms with Crippen LogP contribution < -0.4 is 0 Å². The van der Waals surface area contributed by atoms with Crippen molar-refractivity contribution in [3.8, 4) is 0 Å². The Balaban J connectivity index is 5.15. The van der Waals surface area contributed by atoms with Crippen molar-refractivity contribution in [3.05, 3.63) is 0 Å². The van der Waals surface area contributed by atoms with E-state index in [-0.39, 0.29) is 25.7 Å². The molecule has 6 atom stereocenters. The van der Waals surface area contributed by atoms with E-state index in [0.717, 1.165) is 102 Å². The summed E-state index contributed by atoms with van der Waals surface area (Å²) in [7, 11) is -9.90. The third-order valence-corrected chi connectivity index (χ3v) is 19.8. The number of esters is 4. The second-order valence-corrected chi connectivity index (χ2v) is 30.2. The van der Waals surface area contributed by atoms with Crippen LogP contribution in [0.15, 0.2) is 0 Å². The number of phosphoric acid groups is 2. The molecule has 0 saturated heterocycles. The van der Waals surface area contributed by atoms with E-state index in [1.165, 1.54) is 212 Å². The molecule has 0 aromatic carbocycles. The van der Waals surface area contributed by atoms with Crippen molar-refractivity contribution in [1.82, 2.24) is 0 Å². The summed E-state index contributed by atoms with van der Waals surface area (Å²) in [6.45, 7) is 7.32. The number of aliphatic hydroxyl groups is 1. The van der Waals surface area contributed by atoms with E-state index >= 15 is 0 Å². The van der Waals surface area contributed by atoms with Crippen molar-refractivity contribution in [2.24, 2.45) is 5.92 Å². The quantitative estimate of drug-likeness (QED) is 0.0222. The van der Waals surface area contributed by atoms with Crippen molar-refractivity contribution in [2.45, 2.75) is 412 Å². The van der Waals surface area contributed by atoms with Gasteiger partial charge < -0.3 is 33.8 Å². The molecule has 0 bridgehead atoms. The van der Waals surface area contributed by atoms with Gasteiger partial charge >= 0.3 is 39.5 Å². The highest BCUT2D eigenvalue weighted by Gasteiger charge is 2.30. The van der Waals surface area contributed by atoms with Crippen LogP contribution in [-0.4, -0.2) is 96.7 Å². The summed E-state index contributed by atoms with van der Waals surface area (Å²) in [4.78, 5) is 72.6. The van der Waals surface area contributed by atoms with Crippen LogP contribution in [0.3, 0.4) is 0 Å². The van der Waals surface area contributed by atoms with Crippen molar-refractivity contribution >= 4 is 39.5 Å². The summed E-state index contributed by atoms with van der Waals surface area (Å²) in [5, 5.41) is 10.6. The molecule has 3 unspecified atom stereocenters. The van der Waals surface area contributed by atoms with Crippen LogP contribution in [0.5, 0.6) is 0 Å². The fourth-order valence-electron chi connectivity index (χ4n) is 11.5. The van der Waals surface area contributed by atoms with Gasteiger partial charge in [0.2, 0.25) is 0 Å². The van der Waals surface area contributed by atoms with Gasteiger partial charge in [0, 0.05) is 25.7 Å². The Bertz CT molecular complexity index is 1810. The van der Waals surface area contributed by atoms with E-state index in [1.54, 1.807) is 0 Å². The molecular formula is C75H146O17P2. The summed E-state index contributed by atoms with van der Waals surface area (Å²) in [6, 6.07) is 0. The summed E-state index contributed by atoms with van der Waals surface area (Å²) in [6.07, 6.45) is 56.9. The minimum absolute atomic E-state index is 0.107. The minimum Gasteiger partial charge on any atom is -0.462 e. The molecule has 0 aliphatic carbocycles. The van der Waals surface area contributed by atoms with Gasteiger partial charge in [-0.1, -0.05) is 343 Å². The first kappa shape index (κ1) is 92.1. The number of carbonyl (C=O) groups is 4. The Labute approximate surface area is 575 Å². The monoisotopic (exact) mass is 1380 g/mol. The van der Waals surface area contributed by atoms with Crippen LogP contribution in [-0.2, 0) is 65.4 Å². The van der Waals surface area contributed by atoms with Crippen molar-refractivity contribution < 1.29 is 80.2 Å². The zero-order valence-electron chi connectivity index (χ0n) is 61.1. The van der Waals surface area contributed by atoms with Gasteiger partial charge in [-0.15, -0.1) is 0 Å². The number of rotatable bonds is 75. The molecule has 0 fully saturated rings. The highest BCUT2D eigenvalue weighted by Crippen LogP contribution is 2.45. The van der Waals surface area contributed by atoms with Crippen molar-refractivity contribution in [2.75, 3.05) is 39.6 Å². The van der Waals surface area contributed by atoms with Crippen LogP contribution in [0.4, 0.5) is 0 Å². The molecule has 558 valence electrons. The Morgan fingerprint density at radius 3 is 0.755 bits per heavy atom. The third-order valence-electron chi connectivity index (χ3n) is 17.9. The molecular weight excluding hydrogens is 1230 g/mol. The summed E-state index contributed by atoms with van der Waals surface area (Å²) in [5.74, 6) is -1.25. The molecule has 0 radical (unpaired) electrons. The largest absolute Gasteiger partial charge is 0.472 e. The van der Waals surface area contributed by atoms with Gasteiger partial charge in [0.05, 0.1) is 26.4 Å². The average molecular weight is 1380 g/mol. The van der Waals surface area contributed by atoms with E-state index in [9.17, 15) is 43.2 Å². The lowest BCUT2D eigenvalue weighted by Gasteiger charge is -2.21. The second kappa shape index (κ2) is 68.2. The topological polar surface area (TPSA) is 237 Å². The minimum atomic E-state index is -4.95. The molecule has 0 aliphatic heterocycles. The van der Waals surface area contributed by atoms with Crippen LogP contribution in [0.2, 0.25) is 0 Å². The van der Waals surface area contributed by atoms with Crippen LogP contribution in [0, 0.1) is 5.92 Å². The average Bonchev–Trinajstić information content (AvgIpc) is 1.41. The summed E-state index contributed by atoms with van der Waals surface area (Å²) < 4.78 is 68.4. The number of aliphatic hydroxyl groups excluding tert-OH is 1. The maximum Gasteiger partial charge on any atom is 0.472 e. The lowest BCUT2D eigenvalue weighted by atomic mass is 9.99. The van der Waals surface area contributed by atoms with Crippen molar-refractivity contribution in [1.29, 1.82) is 0 Å². The Morgan fingerprint density at radius 2 is 0.511 bits per heavy atom. The van der Waals surface area contributed by atoms with Gasteiger partial charge in [-0.05, 0) is 31.6 Å². The van der Waals surface area contributed by atoms with Gasteiger partial charge in [-0.2, -0.15) is 0 Å². The standard InChI is InChI=1S/C75H146O17P2/c1-6-10-13-16-19-22-24-31-36-39-44-49-54-59-73(78)86-65-71(92-75(80)61-56-51-46-41-37-33-30-28-26-25-27-29-32-35-38-42-47-52-57-68(5)9-4)67-90-94(83,84)88-63-69(76)62-87-93(81,82)89-66-70(64-85-72(77)58-53-48-43-21-18-15-12-8-3)91-74(79)60-55-50-45-40-34-23-20-17-14-11-7-2/h68-71,76H,6-67H2,1-5H3,(H,81,82)(H,83,84)/t68?,69-,70+,71+/m0/s1. The molecule has 17 nitrogen and oxygen atoms in total. The molecule has 0 saturated carbocycles. The zero-order valence-corrected chi connectivity index (χ0v) is 62.9.